The normalized spacial score (nSPS) is 12.6. The minimum Gasteiger partial charge on any atom is -0.458 e. The molecule has 0 saturated carbocycles. The Hall–Kier alpha value is -2.29. The van der Waals surface area contributed by atoms with Crippen molar-refractivity contribution in [2.24, 2.45) is 0 Å². The predicted molar refractivity (Wildman–Crippen MR) is 100 cm³/mol. The molecule has 0 radical (unpaired) electrons. The summed E-state index contributed by atoms with van der Waals surface area (Å²) in [4.78, 5) is 14.5. The van der Waals surface area contributed by atoms with Crippen molar-refractivity contribution in [3.63, 3.8) is 0 Å². The van der Waals surface area contributed by atoms with Gasteiger partial charge in [0.05, 0.1) is 11.1 Å². The summed E-state index contributed by atoms with van der Waals surface area (Å²) in [6.07, 6.45) is 0.769. The standard InChI is InChI=1S/C17H13BrN4O2S/c1-8-4-5-11(24-8)16-21-15(19)9-7-12(25-17(9)22-16)14(23)13-10(18)3-2-6-20-13/h2-7,14,23H,1H3,(H2,19,21,22). The van der Waals surface area contributed by atoms with E-state index < -0.39 is 6.10 Å². The van der Waals surface area contributed by atoms with Crippen molar-refractivity contribution in [1.82, 2.24) is 15.0 Å². The van der Waals surface area contributed by atoms with Crippen LogP contribution in [0.1, 0.15) is 22.4 Å². The molecule has 0 aromatic carbocycles. The number of nitrogen functional groups attached to an aromatic ring is 1. The summed E-state index contributed by atoms with van der Waals surface area (Å²) < 4.78 is 6.31. The Morgan fingerprint density at radius 3 is 2.84 bits per heavy atom. The van der Waals surface area contributed by atoms with Gasteiger partial charge in [-0.1, -0.05) is 0 Å². The fraction of sp³-hybridized carbons (Fsp3) is 0.118. The van der Waals surface area contributed by atoms with Crippen LogP contribution >= 0.6 is 27.3 Å². The number of halogens is 1. The van der Waals surface area contributed by atoms with Gasteiger partial charge in [-0.3, -0.25) is 4.98 Å². The van der Waals surface area contributed by atoms with Crippen molar-refractivity contribution in [3.05, 3.63) is 57.3 Å². The van der Waals surface area contributed by atoms with Gasteiger partial charge in [-0.05, 0) is 53.2 Å². The fourth-order valence-electron chi connectivity index (χ4n) is 2.50. The van der Waals surface area contributed by atoms with Crippen molar-refractivity contribution in [1.29, 1.82) is 0 Å². The Labute approximate surface area is 155 Å². The zero-order valence-corrected chi connectivity index (χ0v) is 15.5. The molecule has 0 aliphatic carbocycles. The molecule has 6 nitrogen and oxygen atoms in total. The highest BCUT2D eigenvalue weighted by Gasteiger charge is 2.20. The summed E-state index contributed by atoms with van der Waals surface area (Å²) in [5, 5.41) is 11.4. The topological polar surface area (TPSA) is 98.1 Å². The molecule has 126 valence electrons. The van der Waals surface area contributed by atoms with E-state index in [1.807, 2.05) is 25.1 Å². The molecule has 0 bridgehead atoms. The summed E-state index contributed by atoms with van der Waals surface area (Å²) in [6.45, 7) is 1.86. The van der Waals surface area contributed by atoms with E-state index in [1.165, 1.54) is 11.3 Å². The molecule has 4 aromatic rings. The predicted octanol–water partition coefficient (Wildman–Crippen LogP) is 4.08. The lowest BCUT2D eigenvalue weighted by atomic mass is 10.2. The number of anilines is 1. The Balaban J connectivity index is 1.80. The first-order chi connectivity index (χ1) is 12.0. The Bertz CT molecular complexity index is 1080. The lowest BCUT2D eigenvalue weighted by molar-refractivity contribution is 0.218. The average molecular weight is 417 g/mol. The molecule has 4 heterocycles. The minimum atomic E-state index is -0.872. The third kappa shape index (κ3) is 2.92. The van der Waals surface area contributed by atoms with E-state index in [2.05, 4.69) is 30.9 Å². The number of aromatic nitrogens is 3. The summed E-state index contributed by atoms with van der Waals surface area (Å²) >= 11 is 4.77. The Kier molecular flexibility index (Phi) is 4.03. The molecule has 0 aliphatic rings. The number of pyridine rings is 1. The first-order valence-corrected chi connectivity index (χ1v) is 9.06. The Morgan fingerprint density at radius 1 is 1.28 bits per heavy atom. The average Bonchev–Trinajstić information content (AvgIpc) is 3.21. The number of thiophene rings is 1. The molecule has 3 N–H and O–H groups in total. The molecule has 1 unspecified atom stereocenters. The van der Waals surface area contributed by atoms with Gasteiger partial charge in [0.2, 0.25) is 0 Å². The molecule has 0 amide bonds. The number of rotatable bonds is 3. The maximum Gasteiger partial charge on any atom is 0.199 e. The van der Waals surface area contributed by atoms with Crippen LogP contribution in [0.3, 0.4) is 0 Å². The second kappa shape index (κ2) is 6.21. The SMILES string of the molecule is Cc1ccc(-c2nc(N)c3cc(C(O)c4ncccc4Br)sc3n2)o1. The third-order valence-corrected chi connectivity index (χ3v) is 5.47. The van der Waals surface area contributed by atoms with Crippen LogP contribution in [0.2, 0.25) is 0 Å². The van der Waals surface area contributed by atoms with E-state index in [-0.39, 0.29) is 0 Å². The molecular formula is C17H13BrN4O2S. The van der Waals surface area contributed by atoms with Crippen LogP contribution in [-0.4, -0.2) is 20.1 Å². The zero-order chi connectivity index (χ0) is 17.6. The summed E-state index contributed by atoms with van der Waals surface area (Å²) in [7, 11) is 0. The molecule has 4 rings (SSSR count). The number of aliphatic hydroxyl groups excluding tert-OH is 1. The number of nitrogens with two attached hydrogens (primary N) is 1. The van der Waals surface area contributed by atoms with Gasteiger partial charge >= 0.3 is 0 Å². The van der Waals surface area contributed by atoms with Gasteiger partial charge in [0.25, 0.3) is 0 Å². The van der Waals surface area contributed by atoms with Crippen molar-refractivity contribution in [3.8, 4) is 11.6 Å². The van der Waals surface area contributed by atoms with Gasteiger partial charge in [0.15, 0.2) is 11.6 Å². The number of fused-ring (bicyclic) bond motifs is 1. The van der Waals surface area contributed by atoms with Crippen LogP contribution in [0.5, 0.6) is 0 Å². The third-order valence-electron chi connectivity index (χ3n) is 3.72. The van der Waals surface area contributed by atoms with Crippen LogP contribution < -0.4 is 5.73 Å². The van der Waals surface area contributed by atoms with Crippen LogP contribution in [0.15, 0.2) is 45.4 Å². The van der Waals surface area contributed by atoms with Crippen molar-refractivity contribution in [2.75, 3.05) is 5.73 Å². The van der Waals surface area contributed by atoms with Gasteiger partial charge < -0.3 is 15.3 Å². The second-order valence-corrected chi connectivity index (χ2v) is 7.40. The molecule has 25 heavy (non-hydrogen) atoms. The van der Waals surface area contributed by atoms with E-state index in [0.29, 0.717) is 38.2 Å². The monoisotopic (exact) mass is 416 g/mol. The van der Waals surface area contributed by atoms with E-state index in [0.717, 1.165) is 10.2 Å². The number of hydrogen-bond donors (Lipinski definition) is 2. The summed E-state index contributed by atoms with van der Waals surface area (Å²) in [5.41, 5.74) is 6.63. The number of furan rings is 1. The zero-order valence-electron chi connectivity index (χ0n) is 13.1. The van der Waals surface area contributed by atoms with Crippen LogP contribution in [-0.2, 0) is 0 Å². The van der Waals surface area contributed by atoms with Gasteiger partial charge in [-0.2, -0.15) is 0 Å². The largest absolute Gasteiger partial charge is 0.458 e. The summed E-state index contributed by atoms with van der Waals surface area (Å²) in [5.74, 6) is 2.12. The van der Waals surface area contributed by atoms with E-state index in [9.17, 15) is 5.11 Å². The van der Waals surface area contributed by atoms with E-state index in [1.54, 1.807) is 18.3 Å². The van der Waals surface area contributed by atoms with Crippen molar-refractivity contribution >= 4 is 43.3 Å². The summed E-state index contributed by atoms with van der Waals surface area (Å²) in [6, 6.07) is 9.10. The highest BCUT2D eigenvalue weighted by Crippen LogP contribution is 2.36. The van der Waals surface area contributed by atoms with Gasteiger partial charge in [0.1, 0.15) is 22.5 Å². The van der Waals surface area contributed by atoms with Gasteiger partial charge in [0, 0.05) is 15.5 Å². The van der Waals surface area contributed by atoms with Crippen molar-refractivity contribution < 1.29 is 9.52 Å². The van der Waals surface area contributed by atoms with Crippen LogP contribution in [0.4, 0.5) is 5.82 Å². The maximum absolute atomic E-state index is 10.7. The number of aryl methyl sites for hydroxylation is 1. The number of nitrogens with zero attached hydrogens (tertiary/aromatic N) is 3. The quantitative estimate of drug-likeness (QED) is 0.521. The van der Waals surface area contributed by atoms with E-state index in [4.69, 9.17) is 10.2 Å². The molecule has 0 saturated heterocycles. The lowest BCUT2D eigenvalue weighted by Gasteiger charge is -2.08. The lowest BCUT2D eigenvalue weighted by Crippen LogP contribution is -2.00. The minimum absolute atomic E-state index is 0.351. The highest BCUT2D eigenvalue weighted by molar-refractivity contribution is 9.10. The number of aliphatic hydroxyl groups is 1. The highest BCUT2D eigenvalue weighted by atomic mass is 79.9. The van der Waals surface area contributed by atoms with Crippen molar-refractivity contribution in [2.45, 2.75) is 13.0 Å². The molecule has 0 fully saturated rings. The molecule has 4 aromatic heterocycles. The molecular weight excluding hydrogens is 404 g/mol. The Morgan fingerprint density at radius 2 is 2.12 bits per heavy atom. The molecule has 1 atom stereocenters. The number of hydrogen-bond acceptors (Lipinski definition) is 7. The second-order valence-electron chi connectivity index (χ2n) is 5.48. The van der Waals surface area contributed by atoms with E-state index >= 15 is 0 Å². The molecule has 8 heteroatoms. The van der Waals surface area contributed by atoms with Crippen LogP contribution in [0.25, 0.3) is 21.8 Å². The van der Waals surface area contributed by atoms with Crippen LogP contribution in [0, 0.1) is 6.92 Å². The maximum atomic E-state index is 10.7. The molecule has 0 spiro atoms. The smallest absolute Gasteiger partial charge is 0.199 e. The van der Waals surface area contributed by atoms with Gasteiger partial charge in [-0.25, -0.2) is 9.97 Å². The first-order valence-electron chi connectivity index (χ1n) is 7.45. The molecule has 0 aliphatic heterocycles. The first kappa shape index (κ1) is 16.2. The fourth-order valence-corrected chi connectivity index (χ4v) is 4.00. The van der Waals surface area contributed by atoms with Gasteiger partial charge in [-0.15, -0.1) is 11.3 Å².